The number of hydrogen-bond acceptors (Lipinski definition) is 4. The summed E-state index contributed by atoms with van der Waals surface area (Å²) in [6, 6.07) is 17.5. The molecule has 41 heavy (non-hydrogen) atoms. The predicted octanol–water partition coefficient (Wildman–Crippen LogP) is 4.73. The van der Waals surface area contributed by atoms with Gasteiger partial charge in [0, 0.05) is 37.3 Å². The Hall–Kier alpha value is -4.34. The van der Waals surface area contributed by atoms with Crippen molar-refractivity contribution < 1.29 is 9.59 Å². The lowest BCUT2D eigenvalue weighted by Crippen LogP contribution is -2.46. The van der Waals surface area contributed by atoms with Crippen LogP contribution in [-0.4, -0.2) is 64.2 Å². The lowest BCUT2D eigenvalue weighted by atomic mass is 9.89. The number of nitrogens with one attached hydrogen (secondary N) is 3. The molecule has 0 radical (unpaired) electrons. The van der Waals surface area contributed by atoms with Crippen LogP contribution >= 0.6 is 0 Å². The molecule has 5 N–H and O–H groups in total. The number of anilines is 2. The van der Waals surface area contributed by atoms with E-state index in [9.17, 15) is 9.59 Å². The van der Waals surface area contributed by atoms with Gasteiger partial charge in [0.05, 0.1) is 17.9 Å². The Morgan fingerprint density at radius 2 is 1.73 bits per heavy atom. The van der Waals surface area contributed by atoms with Crippen LogP contribution in [0.3, 0.4) is 0 Å². The van der Waals surface area contributed by atoms with Crippen molar-refractivity contribution in [3.05, 3.63) is 71.4 Å². The van der Waals surface area contributed by atoms with Gasteiger partial charge in [0.25, 0.3) is 0 Å². The second kappa shape index (κ2) is 12.4. The molecule has 0 aliphatic carbocycles. The molecule has 0 bridgehead atoms. The molecule has 1 aliphatic rings. The molecule has 10 nitrogen and oxygen atoms in total. The Kier molecular flexibility index (Phi) is 9.00. The monoisotopic (exact) mass is 558 g/mol. The average Bonchev–Trinajstić information content (AvgIpc) is 3.34. The molecule has 4 rings (SSSR count). The lowest BCUT2D eigenvalue weighted by Gasteiger charge is -2.33. The molecule has 0 atom stereocenters. The number of rotatable bonds is 7. The van der Waals surface area contributed by atoms with Crippen molar-refractivity contribution in [2.45, 2.75) is 52.4 Å². The molecule has 0 unspecified atom stereocenters. The summed E-state index contributed by atoms with van der Waals surface area (Å²) in [5, 5.41) is 18.3. The maximum Gasteiger partial charge on any atom is 0.324 e. The standard InChI is InChI=1S/C31H42N8O2/c1-21-10-12-24(13-11-21)39-27(19-26(36-39)31(2,3)4)35-30(41)34-25-9-7-6-8-23(25)18-22-14-16-38(17-15-22)28(40)20-37(5)29(32)33/h6-13,19,22H,14-18,20H2,1-5H3,(H3,32,33)(H2,34,35,41). The number of aromatic nitrogens is 2. The van der Waals surface area contributed by atoms with Gasteiger partial charge >= 0.3 is 6.03 Å². The lowest BCUT2D eigenvalue weighted by molar-refractivity contribution is -0.132. The summed E-state index contributed by atoms with van der Waals surface area (Å²) in [6.45, 7) is 9.78. The van der Waals surface area contributed by atoms with E-state index < -0.39 is 0 Å². The van der Waals surface area contributed by atoms with E-state index in [1.807, 2.05) is 66.4 Å². The minimum atomic E-state index is -0.332. The molecule has 0 saturated carbocycles. The molecule has 1 saturated heterocycles. The minimum Gasteiger partial charge on any atom is -0.370 e. The van der Waals surface area contributed by atoms with Crippen LogP contribution in [-0.2, 0) is 16.6 Å². The fraction of sp³-hybridized carbons (Fsp3) is 0.419. The third-order valence-corrected chi connectivity index (χ3v) is 7.52. The number of benzene rings is 2. The van der Waals surface area contributed by atoms with Crippen LogP contribution < -0.4 is 16.4 Å². The molecular weight excluding hydrogens is 516 g/mol. The normalized spacial score (nSPS) is 14.0. The van der Waals surface area contributed by atoms with Gasteiger partial charge in [0.15, 0.2) is 5.96 Å². The van der Waals surface area contributed by atoms with Crippen LogP contribution in [0.25, 0.3) is 5.69 Å². The summed E-state index contributed by atoms with van der Waals surface area (Å²) in [4.78, 5) is 29.1. The molecule has 1 aliphatic heterocycles. The van der Waals surface area contributed by atoms with Gasteiger partial charge in [-0.15, -0.1) is 0 Å². The highest BCUT2D eigenvalue weighted by molar-refractivity contribution is 6.00. The van der Waals surface area contributed by atoms with Crippen molar-refractivity contribution in [1.82, 2.24) is 19.6 Å². The summed E-state index contributed by atoms with van der Waals surface area (Å²) in [5.74, 6) is 0.865. The predicted molar refractivity (Wildman–Crippen MR) is 164 cm³/mol. The summed E-state index contributed by atoms with van der Waals surface area (Å²) >= 11 is 0. The van der Waals surface area contributed by atoms with E-state index in [0.717, 1.165) is 47.5 Å². The number of nitrogens with zero attached hydrogens (tertiary/aromatic N) is 4. The van der Waals surface area contributed by atoms with Crippen molar-refractivity contribution in [1.29, 1.82) is 5.41 Å². The van der Waals surface area contributed by atoms with E-state index in [1.54, 1.807) is 11.7 Å². The maximum absolute atomic E-state index is 13.2. The van der Waals surface area contributed by atoms with E-state index in [4.69, 9.17) is 16.2 Å². The summed E-state index contributed by atoms with van der Waals surface area (Å²) in [7, 11) is 1.65. The van der Waals surface area contributed by atoms with Crippen LogP contribution in [0.2, 0.25) is 0 Å². The molecular formula is C31H42N8O2. The number of para-hydroxylation sites is 1. The molecule has 1 fully saturated rings. The number of guanidine groups is 1. The van der Waals surface area contributed by atoms with E-state index >= 15 is 0 Å². The molecule has 0 spiro atoms. The van der Waals surface area contributed by atoms with Gasteiger partial charge in [-0.25, -0.2) is 9.48 Å². The Balaban J connectivity index is 1.41. The second-order valence-corrected chi connectivity index (χ2v) is 11.9. The minimum absolute atomic E-state index is 0.0145. The van der Waals surface area contributed by atoms with Crippen LogP contribution in [0.1, 0.15) is 50.4 Å². The van der Waals surface area contributed by atoms with Crippen molar-refractivity contribution in [3.63, 3.8) is 0 Å². The number of aryl methyl sites for hydroxylation is 1. The molecule has 3 aromatic rings. The Morgan fingerprint density at radius 3 is 2.37 bits per heavy atom. The van der Waals surface area contributed by atoms with Gasteiger partial charge in [-0.05, 0) is 55.9 Å². The third-order valence-electron chi connectivity index (χ3n) is 7.52. The van der Waals surface area contributed by atoms with Gasteiger partial charge in [-0.3, -0.25) is 15.5 Å². The number of piperidine rings is 1. The summed E-state index contributed by atoms with van der Waals surface area (Å²) in [6.07, 6.45) is 2.56. The first kappa shape index (κ1) is 29.6. The Morgan fingerprint density at radius 1 is 1.07 bits per heavy atom. The van der Waals surface area contributed by atoms with E-state index in [-0.39, 0.29) is 29.9 Å². The quantitative estimate of drug-likeness (QED) is 0.246. The van der Waals surface area contributed by atoms with Crippen molar-refractivity contribution in [3.8, 4) is 5.69 Å². The largest absolute Gasteiger partial charge is 0.370 e. The Labute approximate surface area is 242 Å². The van der Waals surface area contributed by atoms with Crippen molar-refractivity contribution in [2.75, 3.05) is 37.3 Å². The van der Waals surface area contributed by atoms with Gasteiger partial charge in [0.1, 0.15) is 5.82 Å². The number of carbonyl (C=O) groups is 2. The topological polar surface area (TPSA) is 132 Å². The number of likely N-dealkylation sites (N-methyl/N-ethyl adjacent to an activating group) is 1. The number of hydrogen-bond donors (Lipinski definition) is 4. The van der Waals surface area contributed by atoms with E-state index in [1.165, 1.54) is 4.90 Å². The van der Waals surface area contributed by atoms with Crippen LogP contribution in [0, 0.1) is 18.3 Å². The van der Waals surface area contributed by atoms with E-state index in [0.29, 0.717) is 24.8 Å². The number of amides is 3. The molecule has 2 heterocycles. The third kappa shape index (κ3) is 7.65. The van der Waals surface area contributed by atoms with Crippen molar-refractivity contribution >= 4 is 29.4 Å². The molecule has 2 aromatic carbocycles. The zero-order valence-electron chi connectivity index (χ0n) is 24.7. The fourth-order valence-corrected chi connectivity index (χ4v) is 4.90. The molecule has 218 valence electrons. The molecule has 1 aromatic heterocycles. The van der Waals surface area contributed by atoms with E-state index in [2.05, 4.69) is 31.4 Å². The van der Waals surface area contributed by atoms with Gasteiger partial charge in [-0.2, -0.15) is 5.10 Å². The van der Waals surface area contributed by atoms with Crippen LogP contribution in [0.5, 0.6) is 0 Å². The fourth-order valence-electron chi connectivity index (χ4n) is 4.90. The zero-order valence-corrected chi connectivity index (χ0v) is 24.7. The molecule has 3 amide bonds. The smallest absolute Gasteiger partial charge is 0.324 e. The number of urea groups is 1. The van der Waals surface area contributed by atoms with Gasteiger partial charge in [-0.1, -0.05) is 56.7 Å². The van der Waals surface area contributed by atoms with Crippen LogP contribution in [0.4, 0.5) is 16.3 Å². The summed E-state index contributed by atoms with van der Waals surface area (Å²) < 4.78 is 1.77. The number of likely N-dealkylation sites (tertiary alicyclic amines) is 1. The summed E-state index contributed by atoms with van der Waals surface area (Å²) in [5.41, 5.74) is 10.0. The highest BCUT2D eigenvalue weighted by atomic mass is 16.2. The SMILES string of the molecule is Cc1ccc(-n2nc(C(C)(C)C)cc2NC(=O)Nc2ccccc2CC2CCN(C(=O)CN(C)C(=N)N)CC2)cc1. The maximum atomic E-state index is 13.2. The second-order valence-electron chi connectivity index (χ2n) is 11.9. The number of carbonyl (C=O) groups excluding carboxylic acids is 2. The average molecular weight is 559 g/mol. The first-order valence-corrected chi connectivity index (χ1v) is 14.1. The van der Waals surface area contributed by atoms with Crippen LogP contribution in [0.15, 0.2) is 54.6 Å². The first-order valence-electron chi connectivity index (χ1n) is 14.1. The highest BCUT2D eigenvalue weighted by Gasteiger charge is 2.25. The molecule has 10 heteroatoms. The first-order chi connectivity index (χ1) is 19.4. The van der Waals surface area contributed by atoms with Crippen molar-refractivity contribution in [2.24, 2.45) is 11.7 Å². The Bertz CT molecular complexity index is 1380. The van der Waals surface area contributed by atoms with Gasteiger partial charge < -0.3 is 20.9 Å². The van der Waals surface area contributed by atoms with Gasteiger partial charge in [0.2, 0.25) is 5.91 Å². The zero-order chi connectivity index (χ0) is 29.7. The highest BCUT2D eigenvalue weighted by Crippen LogP contribution is 2.28. The number of nitrogens with two attached hydrogens (primary N) is 1.